The molecule has 134 valence electrons. The Bertz CT molecular complexity index is 690. The minimum absolute atomic E-state index is 0.0550. The molecule has 7 N–H and O–H groups in total. The van der Waals surface area contributed by atoms with E-state index in [2.05, 4.69) is 5.32 Å². The Hall–Kier alpha value is -1.60. The SMILES string of the molecule is NS(=O)(=O)c1ccc(C(=O)N[C@@H]2O[C@H](CO)[C@H](O)[C@H](O)[C@H]2O)cc1. The highest BCUT2D eigenvalue weighted by molar-refractivity contribution is 7.89. The van der Waals surface area contributed by atoms with E-state index in [-0.39, 0.29) is 10.5 Å². The highest BCUT2D eigenvalue weighted by Crippen LogP contribution is 2.20. The number of carbonyl (C=O) groups excluding carboxylic acids is 1. The van der Waals surface area contributed by atoms with Crippen molar-refractivity contribution in [3.8, 4) is 0 Å². The highest BCUT2D eigenvalue weighted by Gasteiger charge is 2.44. The maximum atomic E-state index is 12.1. The molecule has 1 amide bonds. The summed E-state index contributed by atoms with van der Waals surface area (Å²) in [5, 5.41) is 45.5. The van der Waals surface area contributed by atoms with Gasteiger partial charge in [-0.1, -0.05) is 0 Å². The van der Waals surface area contributed by atoms with E-state index in [9.17, 15) is 28.5 Å². The minimum Gasteiger partial charge on any atom is -0.394 e. The number of aliphatic hydroxyl groups is 4. The summed E-state index contributed by atoms with van der Waals surface area (Å²) in [7, 11) is -3.89. The van der Waals surface area contributed by atoms with E-state index >= 15 is 0 Å². The van der Waals surface area contributed by atoms with Crippen LogP contribution in [-0.4, -0.2) is 72.0 Å². The van der Waals surface area contributed by atoms with Crippen molar-refractivity contribution in [3.63, 3.8) is 0 Å². The first-order chi connectivity index (χ1) is 11.1. The van der Waals surface area contributed by atoms with Gasteiger partial charge in [0.2, 0.25) is 10.0 Å². The average Bonchev–Trinajstić information content (AvgIpc) is 2.54. The Labute approximate surface area is 137 Å². The van der Waals surface area contributed by atoms with Gasteiger partial charge in [0, 0.05) is 5.56 Å². The Morgan fingerprint density at radius 3 is 2.21 bits per heavy atom. The lowest BCUT2D eigenvalue weighted by atomic mass is 9.98. The number of amides is 1. The number of hydrogen-bond acceptors (Lipinski definition) is 8. The third-order valence-electron chi connectivity index (χ3n) is 3.61. The molecule has 1 aromatic rings. The Morgan fingerprint density at radius 1 is 1.12 bits per heavy atom. The van der Waals surface area contributed by atoms with E-state index in [0.29, 0.717) is 0 Å². The fourth-order valence-electron chi connectivity index (χ4n) is 2.23. The van der Waals surface area contributed by atoms with Crippen LogP contribution < -0.4 is 10.5 Å². The third-order valence-corrected chi connectivity index (χ3v) is 4.54. The van der Waals surface area contributed by atoms with Crippen molar-refractivity contribution in [1.82, 2.24) is 5.32 Å². The molecule has 1 aromatic carbocycles. The fourth-order valence-corrected chi connectivity index (χ4v) is 2.74. The summed E-state index contributed by atoms with van der Waals surface area (Å²) >= 11 is 0. The Morgan fingerprint density at radius 2 is 1.71 bits per heavy atom. The molecule has 0 aromatic heterocycles. The maximum absolute atomic E-state index is 12.1. The zero-order valence-electron chi connectivity index (χ0n) is 12.3. The predicted octanol–water partition coefficient (Wildman–Crippen LogP) is -3.14. The smallest absolute Gasteiger partial charge is 0.253 e. The summed E-state index contributed by atoms with van der Waals surface area (Å²) in [5.74, 6) is -0.722. The van der Waals surface area contributed by atoms with Crippen LogP contribution in [0.25, 0.3) is 0 Å². The first-order valence-corrected chi connectivity index (χ1v) is 8.44. The van der Waals surface area contributed by atoms with Crippen LogP contribution in [0.2, 0.25) is 0 Å². The standard InChI is InChI=1S/C13H18N2O8S/c14-24(21,22)7-3-1-6(2-4-7)12(20)15-13-11(19)10(18)9(17)8(5-16)23-13/h1-4,8-11,13,16-19H,5H2,(H,15,20)(H2,14,21,22)/t8-,9+,10+,11-,13-/m1/s1. The molecule has 0 spiro atoms. The number of rotatable bonds is 4. The Kier molecular flexibility index (Phi) is 5.55. The van der Waals surface area contributed by atoms with E-state index in [1.165, 1.54) is 12.1 Å². The van der Waals surface area contributed by atoms with Gasteiger partial charge >= 0.3 is 0 Å². The number of nitrogens with two attached hydrogens (primary N) is 1. The molecule has 24 heavy (non-hydrogen) atoms. The first-order valence-electron chi connectivity index (χ1n) is 6.89. The van der Waals surface area contributed by atoms with Crippen LogP contribution in [0.4, 0.5) is 0 Å². The molecule has 11 heteroatoms. The van der Waals surface area contributed by atoms with Gasteiger partial charge in [0.25, 0.3) is 5.91 Å². The zero-order valence-corrected chi connectivity index (χ0v) is 13.1. The van der Waals surface area contributed by atoms with E-state index < -0.39 is 53.2 Å². The third kappa shape index (κ3) is 3.89. The van der Waals surface area contributed by atoms with Crippen LogP contribution in [0, 0.1) is 0 Å². The van der Waals surface area contributed by atoms with Gasteiger partial charge in [0.1, 0.15) is 24.4 Å². The van der Waals surface area contributed by atoms with E-state index in [1.807, 2.05) is 0 Å². The first kappa shape index (κ1) is 18.7. The van der Waals surface area contributed by atoms with Crippen molar-refractivity contribution in [3.05, 3.63) is 29.8 Å². The second kappa shape index (κ2) is 7.11. The molecule has 0 radical (unpaired) electrons. The van der Waals surface area contributed by atoms with Crippen molar-refractivity contribution < 1.29 is 38.4 Å². The number of aliphatic hydroxyl groups excluding tert-OH is 4. The number of carbonyl (C=O) groups is 1. The van der Waals surface area contributed by atoms with Gasteiger partial charge in [-0.25, -0.2) is 13.6 Å². The van der Waals surface area contributed by atoms with Crippen molar-refractivity contribution in [2.75, 3.05) is 6.61 Å². The van der Waals surface area contributed by atoms with Crippen molar-refractivity contribution >= 4 is 15.9 Å². The van der Waals surface area contributed by atoms with Crippen LogP contribution in [0.15, 0.2) is 29.2 Å². The van der Waals surface area contributed by atoms with Crippen LogP contribution in [0.3, 0.4) is 0 Å². The number of nitrogens with one attached hydrogen (secondary N) is 1. The molecule has 2 rings (SSSR count). The molecular formula is C13H18N2O8S. The van der Waals surface area contributed by atoms with Crippen LogP contribution in [0.1, 0.15) is 10.4 Å². The number of sulfonamides is 1. The number of ether oxygens (including phenoxy) is 1. The summed E-state index contributed by atoms with van der Waals surface area (Å²) < 4.78 is 27.5. The van der Waals surface area contributed by atoms with E-state index in [4.69, 9.17) is 15.0 Å². The van der Waals surface area contributed by atoms with Gasteiger partial charge in [-0.2, -0.15) is 0 Å². The molecule has 5 atom stereocenters. The summed E-state index contributed by atoms with van der Waals surface area (Å²) in [6.45, 7) is -0.625. The van der Waals surface area contributed by atoms with Gasteiger partial charge in [-0.15, -0.1) is 0 Å². The van der Waals surface area contributed by atoms with E-state index in [0.717, 1.165) is 12.1 Å². The van der Waals surface area contributed by atoms with Crippen molar-refractivity contribution in [2.45, 2.75) is 35.5 Å². The minimum atomic E-state index is -3.89. The lowest BCUT2D eigenvalue weighted by Gasteiger charge is -2.40. The normalized spacial score (nSPS) is 30.8. The van der Waals surface area contributed by atoms with E-state index in [1.54, 1.807) is 0 Å². The number of benzene rings is 1. The van der Waals surface area contributed by atoms with Crippen molar-refractivity contribution in [2.24, 2.45) is 5.14 Å². The monoisotopic (exact) mass is 362 g/mol. The second-order valence-corrected chi connectivity index (χ2v) is 6.85. The molecule has 1 saturated heterocycles. The molecule has 10 nitrogen and oxygen atoms in total. The molecule has 1 aliphatic heterocycles. The molecular weight excluding hydrogens is 344 g/mol. The lowest BCUT2D eigenvalue weighted by molar-refractivity contribution is -0.233. The summed E-state index contributed by atoms with van der Waals surface area (Å²) in [6.07, 6.45) is -7.29. The topological polar surface area (TPSA) is 179 Å². The van der Waals surface area contributed by atoms with Gasteiger partial charge < -0.3 is 30.5 Å². The fraction of sp³-hybridized carbons (Fsp3) is 0.462. The summed E-state index contributed by atoms with van der Waals surface area (Å²) in [6, 6.07) is 4.69. The summed E-state index contributed by atoms with van der Waals surface area (Å²) in [4.78, 5) is 11.9. The highest BCUT2D eigenvalue weighted by atomic mass is 32.2. The van der Waals surface area contributed by atoms with Crippen LogP contribution >= 0.6 is 0 Å². The van der Waals surface area contributed by atoms with Crippen LogP contribution in [0.5, 0.6) is 0 Å². The molecule has 1 aliphatic rings. The molecule has 0 unspecified atom stereocenters. The number of hydrogen-bond donors (Lipinski definition) is 6. The molecule has 1 fully saturated rings. The summed E-state index contributed by atoms with van der Waals surface area (Å²) in [5.41, 5.74) is 0.0550. The molecule has 1 heterocycles. The largest absolute Gasteiger partial charge is 0.394 e. The van der Waals surface area contributed by atoms with Gasteiger partial charge in [0.05, 0.1) is 11.5 Å². The van der Waals surface area contributed by atoms with Crippen molar-refractivity contribution in [1.29, 1.82) is 0 Å². The maximum Gasteiger partial charge on any atom is 0.253 e. The Balaban J connectivity index is 2.11. The molecule has 0 bridgehead atoms. The average molecular weight is 362 g/mol. The zero-order chi connectivity index (χ0) is 18.1. The number of primary sulfonamides is 1. The second-order valence-electron chi connectivity index (χ2n) is 5.29. The predicted molar refractivity (Wildman–Crippen MR) is 79.0 cm³/mol. The quantitative estimate of drug-likeness (QED) is 0.325. The van der Waals surface area contributed by atoms with Gasteiger partial charge in [-0.3, -0.25) is 4.79 Å². The molecule has 0 saturated carbocycles. The lowest BCUT2D eigenvalue weighted by Crippen LogP contribution is -2.63. The van der Waals surface area contributed by atoms with Gasteiger partial charge in [-0.05, 0) is 24.3 Å². The molecule has 0 aliphatic carbocycles. The van der Waals surface area contributed by atoms with Gasteiger partial charge in [0.15, 0.2) is 6.23 Å². The van der Waals surface area contributed by atoms with Crippen LogP contribution in [-0.2, 0) is 14.8 Å².